The van der Waals surface area contributed by atoms with Crippen molar-refractivity contribution in [2.45, 2.75) is 24.8 Å². The van der Waals surface area contributed by atoms with Gasteiger partial charge in [0.2, 0.25) is 0 Å². The smallest absolute Gasteiger partial charge is 0.328 e. The molecule has 1 aliphatic rings. The molecule has 40 heavy (non-hydrogen) atoms. The van der Waals surface area contributed by atoms with Crippen molar-refractivity contribution in [1.82, 2.24) is 15.1 Å². The fraction of sp³-hybridized carbons (Fsp3) is 0.393. The van der Waals surface area contributed by atoms with E-state index in [1.54, 1.807) is 35.2 Å². The van der Waals surface area contributed by atoms with Crippen molar-refractivity contribution in [3.8, 4) is 0 Å². The van der Waals surface area contributed by atoms with Crippen molar-refractivity contribution in [3.63, 3.8) is 0 Å². The lowest BCUT2D eigenvalue weighted by molar-refractivity contribution is -0.134. The molecule has 0 spiro atoms. The molecule has 3 rings (SSSR count). The Morgan fingerprint density at radius 3 is 1.93 bits per heavy atom. The Morgan fingerprint density at radius 1 is 0.900 bits per heavy atom. The lowest BCUT2D eigenvalue weighted by Gasteiger charge is -2.36. The normalized spacial score (nSPS) is 13.9. The maximum atomic E-state index is 12.7. The maximum absolute atomic E-state index is 12.7. The molecule has 0 atom stereocenters. The van der Waals surface area contributed by atoms with Crippen LogP contribution in [-0.4, -0.2) is 104 Å². The summed E-state index contributed by atoms with van der Waals surface area (Å²) in [5.74, 6) is -2.61. The van der Waals surface area contributed by atoms with Crippen LogP contribution >= 0.6 is 0 Å². The van der Waals surface area contributed by atoms with Gasteiger partial charge in [-0.25, -0.2) is 22.8 Å². The minimum absolute atomic E-state index is 0.0876. The predicted octanol–water partition coefficient (Wildman–Crippen LogP) is 2.41. The molecule has 1 aliphatic heterocycles. The van der Waals surface area contributed by atoms with Crippen LogP contribution < -0.4 is 10.2 Å². The lowest BCUT2D eigenvalue weighted by Crippen LogP contribution is -2.50. The first kappa shape index (κ1) is 32.3. The van der Waals surface area contributed by atoms with Crippen molar-refractivity contribution in [3.05, 3.63) is 72.8 Å². The number of hydrogen-bond acceptors (Lipinski definition) is 7. The van der Waals surface area contributed by atoms with Gasteiger partial charge in [-0.2, -0.15) is 0 Å². The second-order valence-electron chi connectivity index (χ2n) is 9.33. The fourth-order valence-corrected chi connectivity index (χ4v) is 5.24. The highest BCUT2D eigenvalue weighted by molar-refractivity contribution is 7.91. The van der Waals surface area contributed by atoms with Crippen LogP contribution in [0.5, 0.6) is 0 Å². The first-order valence-corrected chi connectivity index (χ1v) is 14.6. The van der Waals surface area contributed by atoms with E-state index < -0.39 is 21.8 Å². The van der Waals surface area contributed by atoms with Gasteiger partial charge in [-0.05, 0) is 38.1 Å². The summed E-state index contributed by atoms with van der Waals surface area (Å²) in [5.41, 5.74) is 1.25. The second kappa shape index (κ2) is 16.3. The summed E-state index contributed by atoms with van der Waals surface area (Å²) in [5, 5.41) is 18.6. The Morgan fingerprint density at radius 2 is 1.43 bits per heavy atom. The molecule has 1 heterocycles. The van der Waals surface area contributed by atoms with Gasteiger partial charge in [0, 0.05) is 69.7 Å². The number of benzene rings is 2. The summed E-state index contributed by atoms with van der Waals surface area (Å²) >= 11 is 0. The van der Waals surface area contributed by atoms with E-state index in [2.05, 4.69) is 39.4 Å². The molecule has 2 aromatic rings. The van der Waals surface area contributed by atoms with Gasteiger partial charge < -0.3 is 25.3 Å². The number of carboxylic acid groups (broad SMARTS) is 2. The summed E-state index contributed by atoms with van der Waals surface area (Å²) in [6, 6.07) is 18.5. The molecule has 0 bridgehead atoms. The van der Waals surface area contributed by atoms with Gasteiger partial charge >= 0.3 is 18.0 Å². The van der Waals surface area contributed by atoms with E-state index >= 15 is 0 Å². The zero-order valence-electron chi connectivity index (χ0n) is 22.8. The molecule has 0 aromatic heterocycles. The molecule has 3 N–H and O–H groups in total. The average Bonchev–Trinajstić information content (AvgIpc) is 2.93. The Labute approximate surface area is 235 Å². The van der Waals surface area contributed by atoms with Crippen molar-refractivity contribution < 1.29 is 33.0 Å². The van der Waals surface area contributed by atoms with Crippen LogP contribution in [0.4, 0.5) is 10.5 Å². The zero-order valence-corrected chi connectivity index (χ0v) is 23.7. The highest BCUT2D eigenvalue weighted by Crippen LogP contribution is 2.15. The van der Waals surface area contributed by atoms with Gasteiger partial charge in [-0.3, -0.25) is 4.90 Å². The van der Waals surface area contributed by atoms with Crippen LogP contribution in [-0.2, 0) is 19.4 Å². The highest BCUT2D eigenvalue weighted by Gasteiger charge is 2.22. The van der Waals surface area contributed by atoms with Crippen LogP contribution in [0.2, 0.25) is 0 Å². The van der Waals surface area contributed by atoms with E-state index in [9.17, 15) is 22.8 Å². The lowest BCUT2D eigenvalue weighted by atomic mass is 10.2. The van der Waals surface area contributed by atoms with Gasteiger partial charge in [0.25, 0.3) is 0 Å². The van der Waals surface area contributed by atoms with Gasteiger partial charge in [0.15, 0.2) is 9.84 Å². The highest BCUT2D eigenvalue weighted by atomic mass is 32.2. The van der Waals surface area contributed by atoms with Crippen LogP contribution in [0.1, 0.15) is 13.8 Å². The largest absolute Gasteiger partial charge is 0.478 e. The maximum Gasteiger partial charge on any atom is 0.328 e. The number of para-hydroxylation sites is 1. The number of carbonyl (C=O) groups is 3. The number of nitrogens with one attached hydrogen (secondary N) is 1. The van der Waals surface area contributed by atoms with Gasteiger partial charge in [-0.1, -0.05) is 36.4 Å². The van der Waals surface area contributed by atoms with Crippen LogP contribution in [0.25, 0.3) is 0 Å². The minimum atomic E-state index is -3.42. The summed E-state index contributed by atoms with van der Waals surface area (Å²) in [7, 11) is -3.42. The number of carboxylic acids is 2. The Hall–Kier alpha value is -3.90. The first-order valence-electron chi connectivity index (χ1n) is 13.0. The molecule has 0 saturated carbocycles. The summed E-state index contributed by atoms with van der Waals surface area (Å²) in [4.78, 5) is 38.4. The van der Waals surface area contributed by atoms with E-state index in [0.29, 0.717) is 23.6 Å². The van der Waals surface area contributed by atoms with E-state index in [1.807, 2.05) is 19.9 Å². The van der Waals surface area contributed by atoms with Crippen molar-refractivity contribution in [2.24, 2.45) is 0 Å². The number of aliphatic carboxylic acids is 2. The number of anilines is 1. The molecule has 1 saturated heterocycles. The number of hydrogen-bond donors (Lipinski definition) is 3. The molecule has 12 heteroatoms. The van der Waals surface area contributed by atoms with E-state index in [1.165, 1.54) is 5.69 Å². The molecule has 2 amide bonds. The quantitative estimate of drug-likeness (QED) is 0.344. The molecule has 0 aliphatic carbocycles. The molecular formula is C28H38N4O7S. The third-order valence-corrected chi connectivity index (χ3v) is 7.86. The van der Waals surface area contributed by atoms with Crippen LogP contribution in [0.3, 0.4) is 0 Å². The van der Waals surface area contributed by atoms with E-state index in [0.717, 1.165) is 32.7 Å². The van der Waals surface area contributed by atoms with Gasteiger partial charge in [-0.15, -0.1) is 0 Å². The van der Waals surface area contributed by atoms with Crippen LogP contribution in [0, 0.1) is 0 Å². The molecular weight excluding hydrogens is 536 g/mol. The molecule has 218 valence electrons. The monoisotopic (exact) mass is 574 g/mol. The van der Waals surface area contributed by atoms with E-state index in [4.69, 9.17) is 10.2 Å². The van der Waals surface area contributed by atoms with Crippen molar-refractivity contribution in [2.75, 3.05) is 56.5 Å². The van der Waals surface area contributed by atoms with Crippen molar-refractivity contribution >= 4 is 33.5 Å². The number of amides is 2. The third kappa shape index (κ3) is 11.5. The second-order valence-corrected chi connectivity index (χ2v) is 11.4. The Balaban J connectivity index is 0.000000611. The van der Waals surface area contributed by atoms with Gasteiger partial charge in [0.05, 0.1) is 10.6 Å². The van der Waals surface area contributed by atoms with Gasteiger partial charge in [0.1, 0.15) is 0 Å². The zero-order chi connectivity index (χ0) is 29.5. The number of carbonyl (C=O) groups excluding carboxylic acids is 1. The minimum Gasteiger partial charge on any atom is -0.478 e. The average molecular weight is 575 g/mol. The first-order chi connectivity index (χ1) is 19.0. The van der Waals surface area contributed by atoms with Crippen molar-refractivity contribution in [1.29, 1.82) is 0 Å². The SMILES string of the molecule is CC(C)N(CCS(=O)(=O)c1ccccc1)C(=O)NCCN1CCN(c2ccccc2)CC1.O=C(O)/C=C\C(=O)O. The molecule has 1 fully saturated rings. The summed E-state index contributed by atoms with van der Waals surface area (Å²) < 4.78 is 25.1. The molecule has 2 aromatic carbocycles. The topological polar surface area (TPSA) is 148 Å². The predicted molar refractivity (Wildman–Crippen MR) is 153 cm³/mol. The number of urea groups is 1. The molecule has 0 unspecified atom stereocenters. The summed E-state index contributed by atoms with van der Waals surface area (Å²) in [6.45, 7) is 9.12. The Bertz CT molecular complexity index is 1200. The number of sulfone groups is 1. The third-order valence-electron chi connectivity index (χ3n) is 6.15. The number of nitrogens with zero attached hydrogens (tertiary/aromatic N) is 3. The van der Waals surface area contributed by atoms with E-state index in [-0.39, 0.29) is 24.4 Å². The molecule has 0 radical (unpaired) electrons. The fourth-order valence-electron chi connectivity index (χ4n) is 3.99. The number of piperazine rings is 1. The Kier molecular flexibility index (Phi) is 13.1. The number of rotatable bonds is 11. The standard InChI is InChI=1S/C24H34N4O3S.C4H4O4/c1-21(2)28(19-20-32(30,31)23-11-7-4-8-12-23)24(29)25-13-14-26-15-17-27(18-16-26)22-9-5-3-6-10-22;5-3(6)1-2-4(7)8/h3-12,21H,13-20H2,1-2H3,(H,25,29);1-2H,(H,5,6)(H,7,8)/b;2-1-. The summed E-state index contributed by atoms with van der Waals surface area (Å²) in [6.07, 6.45) is 1.12. The molecule has 11 nitrogen and oxygen atoms in total. The van der Waals surface area contributed by atoms with Crippen LogP contribution in [0.15, 0.2) is 77.7 Å².